The zero-order valence-corrected chi connectivity index (χ0v) is 12.3. The van der Waals surface area contributed by atoms with Crippen molar-refractivity contribution in [3.8, 4) is 0 Å². The second-order valence-corrected chi connectivity index (χ2v) is 7.48. The number of carbonyl (C=O) groups is 2. The van der Waals surface area contributed by atoms with Gasteiger partial charge in [0.2, 0.25) is 5.91 Å². The van der Waals surface area contributed by atoms with Crippen LogP contribution in [0.2, 0.25) is 0 Å². The van der Waals surface area contributed by atoms with Crippen LogP contribution in [0.4, 0.5) is 0 Å². The molecule has 7 nitrogen and oxygen atoms in total. The third-order valence-corrected chi connectivity index (χ3v) is 5.29. The Balaban J connectivity index is 2.86. The smallest absolute Gasteiger partial charge is 0.336 e. The topological polar surface area (TPSA) is 90.0 Å². The van der Waals surface area contributed by atoms with E-state index >= 15 is 0 Å². The average molecular weight is 293 g/mol. The summed E-state index contributed by atoms with van der Waals surface area (Å²) >= 11 is 0. The van der Waals surface area contributed by atoms with Crippen molar-refractivity contribution in [2.45, 2.75) is 24.7 Å². The van der Waals surface area contributed by atoms with Gasteiger partial charge in [-0.1, -0.05) is 0 Å². The lowest BCUT2D eigenvalue weighted by atomic mass is 10.1. The fourth-order valence-electron chi connectivity index (χ4n) is 1.65. The van der Waals surface area contributed by atoms with Crippen LogP contribution >= 0.6 is 0 Å². The zero-order chi connectivity index (χ0) is 14.8. The molecule has 0 N–H and O–H groups in total. The highest BCUT2D eigenvalue weighted by molar-refractivity contribution is 7.92. The van der Waals surface area contributed by atoms with Crippen molar-refractivity contribution in [2.24, 2.45) is 0 Å². The van der Waals surface area contributed by atoms with Crippen LogP contribution in [0.15, 0.2) is 0 Å². The van der Waals surface area contributed by atoms with Gasteiger partial charge in [0, 0.05) is 12.8 Å². The molecule has 110 valence electrons. The fourth-order valence-corrected chi connectivity index (χ4v) is 2.09. The molecule has 0 spiro atoms. The van der Waals surface area contributed by atoms with E-state index in [9.17, 15) is 18.0 Å². The van der Waals surface area contributed by atoms with Crippen molar-refractivity contribution in [3.05, 3.63) is 0 Å². The van der Waals surface area contributed by atoms with E-state index in [1.807, 2.05) is 0 Å². The predicted molar refractivity (Wildman–Crippen MR) is 67.3 cm³/mol. The number of sulfone groups is 1. The molecule has 8 heteroatoms. The van der Waals surface area contributed by atoms with Gasteiger partial charge in [0.05, 0.1) is 20.3 Å². The molecule has 0 saturated carbocycles. The van der Waals surface area contributed by atoms with Gasteiger partial charge in [-0.25, -0.2) is 13.2 Å². The van der Waals surface area contributed by atoms with Crippen LogP contribution < -0.4 is 0 Å². The summed E-state index contributed by atoms with van der Waals surface area (Å²) < 4.78 is 31.5. The van der Waals surface area contributed by atoms with Gasteiger partial charge in [-0.15, -0.1) is 0 Å². The Bertz CT molecular complexity index is 470. The number of amides is 1. The number of methoxy groups -OCH3 is 1. The molecule has 1 saturated heterocycles. The summed E-state index contributed by atoms with van der Waals surface area (Å²) in [5, 5.41) is 0. The predicted octanol–water partition coefficient (Wildman–Crippen LogP) is -0.790. The lowest BCUT2D eigenvalue weighted by Crippen LogP contribution is -2.56. The standard InChI is InChI=1S/C11H19NO6S/c1-11(2,19(4,15)16)10(14)12-5-6-18-8(7-12)9(13)17-3/h8H,5-7H2,1-4H3. The van der Waals surface area contributed by atoms with Crippen molar-refractivity contribution >= 4 is 21.7 Å². The number of hydrogen-bond donors (Lipinski definition) is 0. The van der Waals surface area contributed by atoms with E-state index in [0.717, 1.165) is 6.26 Å². The first-order chi connectivity index (χ1) is 8.61. The van der Waals surface area contributed by atoms with Gasteiger partial charge in [-0.3, -0.25) is 4.79 Å². The largest absolute Gasteiger partial charge is 0.467 e. The Labute approximate surface area is 112 Å². The molecular weight excluding hydrogens is 274 g/mol. The van der Waals surface area contributed by atoms with Crippen molar-refractivity contribution in [3.63, 3.8) is 0 Å². The minimum absolute atomic E-state index is 0.00442. The maximum atomic E-state index is 12.3. The Morgan fingerprint density at radius 1 is 1.37 bits per heavy atom. The van der Waals surface area contributed by atoms with E-state index in [0.29, 0.717) is 0 Å². The molecule has 0 aromatic rings. The number of nitrogens with zero attached hydrogens (tertiary/aromatic N) is 1. The van der Waals surface area contributed by atoms with Gasteiger partial charge in [-0.2, -0.15) is 0 Å². The molecule has 0 aliphatic carbocycles. The van der Waals surface area contributed by atoms with Crippen LogP contribution in [0.3, 0.4) is 0 Å². The van der Waals surface area contributed by atoms with Crippen LogP contribution in [-0.2, 0) is 28.9 Å². The van der Waals surface area contributed by atoms with Gasteiger partial charge >= 0.3 is 5.97 Å². The molecular formula is C11H19NO6S. The van der Waals surface area contributed by atoms with Gasteiger partial charge in [0.1, 0.15) is 4.75 Å². The number of esters is 1. The summed E-state index contributed by atoms with van der Waals surface area (Å²) in [6.45, 7) is 3.14. The Hall–Kier alpha value is -1.15. The van der Waals surface area contributed by atoms with E-state index < -0.39 is 32.6 Å². The summed E-state index contributed by atoms with van der Waals surface area (Å²) in [5.74, 6) is -1.11. The zero-order valence-electron chi connectivity index (χ0n) is 11.5. The molecule has 0 aromatic carbocycles. The summed E-state index contributed by atoms with van der Waals surface area (Å²) in [7, 11) is -2.31. The monoisotopic (exact) mass is 293 g/mol. The van der Waals surface area contributed by atoms with E-state index in [1.165, 1.54) is 25.9 Å². The molecule has 19 heavy (non-hydrogen) atoms. The lowest BCUT2D eigenvalue weighted by Gasteiger charge is -2.35. The van der Waals surface area contributed by atoms with Crippen molar-refractivity contribution in [1.29, 1.82) is 0 Å². The van der Waals surface area contributed by atoms with Crippen LogP contribution in [-0.4, -0.2) is 69.1 Å². The first-order valence-electron chi connectivity index (χ1n) is 5.79. The molecule has 1 aliphatic rings. The minimum atomic E-state index is -3.54. The Morgan fingerprint density at radius 2 is 1.95 bits per heavy atom. The van der Waals surface area contributed by atoms with Crippen LogP contribution in [0.1, 0.15) is 13.8 Å². The SMILES string of the molecule is COC(=O)C1CN(C(=O)C(C)(C)S(C)(=O)=O)CCO1. The van der Waals surface area contributed by atoms with Gasteiger partial charge in [0.25, 0.3) is 0 Å². The highest BCUT2D eigenvalue weighted by atomic mass is 32.2. The Morgan fingerprint density at radius 3 is 2.42 bits per heavy atom. The van der Waals surface area contributed by atoms with Crippen molar-refractivity contribution in [1.82, 2.24) is 4.90 Å². The number of rotatable bonds is 3. The first kappa shape index (κ1) is 15.9. The molecule has 0 aromatic heterocycles. The number of carbonyl (C=O) groups excluding carboxylic acids is 2. The third kappa shape index (κ3) is 3.24. The van der Waals surface area contributed by atoms with Crippen molar-refractivity contribution in [2.75, 3.05) is 33.1 Å². The number of morpholine rings is 1. The molecule has 1 amide bonds. The summed E-state index contributed by atoms with van der Waals surface area (Å²) in [6, 6.07) is 0. The van der Waals surface area contributed by atoms with E-state index in [2.05, 4.69) is 4.74 Å². The maximum Gasteiger partial charge on any atom is 0.336 e. The second kappa shape index (κ2) is 5.46. The normalized spacial score (nSPS) is 21.1. The minimum Gasteiger partial charge on any atom is -0.467 e. The van der Waals surface area contributed by atoms with Crippen LogP contribution in [0, 0.1) is 0 Å². The molecule has 0 bridgehead atoms. The van der Waals surface area contributed by atoms with Crippen molar-refractivity contribution < 1.29 is 27.5 Å². The van der Waals surface area contributed by atoms with E-state index in [1.54, 1.807) is 0 Å². The highest BCUT2D eigenvalue weighted by Gasteiger charge is 2.43. The second-order valence-electron chi connectivity index (χ2n) is 4.92. The molecule has 1 rings (SSSR count). The van der Waals surface area contributed by atoms with Gasteiger partial charge in [0.15, 0.2) is 15.9 Å². The summed E-state index contributed by atoms with van der Waals surface area (Å²) in [6.07, 6.45) is 0.154. The van der Waals surface area contributed by atoms with E-state index in [-0.39, 0.29) is 19.7 Å². The fraction of sp³-hybridized carbons (Fsp3) is 0.818. The maximum absolute atomic E-state index is 12.3. The van der Waals surface area contributed by atoms with Gasteiger partial charge < -0.3 is 14.4 Å². The molecule has 1 fully saturated rings. The molecule has 0 radical (unpaired) electrons. The summed E-state index contributed by atoms with van der Waals surface area (Å²) in [5.41, 5.74) is 0. The first-order valence-corrected chi connectivity index (χ1v) is 7.69. The lowest BCUT2D eigenvalue weighted by molar-refractivity contribution is -0.162. The number of hydrogen-bond acceptors (Lipinski definition) is 6. The Kier molecular flexibility index (Phi) is 4.57. The molecule has 1 heterocycles. The molecule has 1 unspecified atom stereocenters. The highest BCUT2D eigenvalue weighted by Crippen LogP contribution is 2.20. The van der Waals surface area contributed by atoms with E-state index in [4.69, 9.17) is 4.74 Å². The summed E-state index contributed by atoms with van der Waals surface area (Å²) in [4.78, 5) is 25.0. The molecule has 1 aliphatic heterocycles. The van der Waals surface area contributed by atoms with Crippen LogP contribution in [0.25, 0.3) is 0 Å². The third-order valence-electron chi connectivity index (χ3n) is 3.26. The number of ether oxygens (including phenoxy) is 2. The molecule has 1 atom stereocenters. The van der Waals surface area contributed by atoms with Gasteiger partial charge in [-0.05, 0) is 13.8 Å². The van der Waals surface area contributed by atoms with Crippen LogP contribution in [0.5, 0.6) is 0 Å². The quantitative estimate of drug-likeness (QED) is 0.633. The average Bonchev–Trinajstić information content (AvgIpc) is 2.35.